The summed E-state index contributed by atoms with van der Waals surface area (Å²) in [6, 6.07) is 27.4. The largest absolute Gasteiger partial charge is 0.532 e. The highest BCUT2D eigenvalue weighted by Gasteiger charge is 2.36. The lowest BCUT2D eigenvalue weighted by atomic mass is 9.94. The van der Waals surface area contributed by atoms with Crippen LogP contribution in [-0.4, -0.2) is 34.4 Å². The first-order chi connectivity index (χ1) is 33.2. The zero-order valence-electron chi connectivity index (χ0n) is 40.5. The number of hydrogen-bond donors (Lipinski definition) is 0. The van der Waals surface area contributed by atoms with E-state index in [0.29, 0.717) is 69.4 Å². The first-order valence-electron chi connectivity index (χ1n) is 23.8. The van der Waals surface area contributed by atoms with Crippen molar-refractivity contribution >= 4 is 55.5 Å². The molecule has 7 aromatic rings. The number of rotatable bonds is 21. The molecule has 1 aromatic heterocycles. The second-order valence-corrected chi connectivity index (χ2v) is 19.0. The van der Waals surface area contributed by atoms with Gasteiger partial charge in [0.1, 0.15) is 51.2 Å². The zero-order chi connectivity index (χ0) is 47.7. The highest BCUT2D eigenvalue weighted by molar-refractivity contribution is 7.43. The second-order valence-electron chi connectivity index (χ2n) is 17.0. The molecule has 0 bridgehead atoms. The van der Waals surface area contributed by atoms with Gasteiger partial charge in [-0.1, -0.05) is 83.7 Å². The molecule has 0 saturated heterocycles. The van der Waals surface area contributed by atoms with E-state index in [2.05, 4.69) is 39.8 Å². The Labute approximate surface area is 401 Å². The Bertz CT molecular complexity index is 2880. The molecular weight excluding hydrogens is 899 g/mol. The summed E-state index contributed by atoms with van der Waals surface area (Å²) in [6.07, 6.45) is 10.3. The third-order valence-electron chi connectivity index (χ3n) is 12.4. The SMILES string of the molecule is CCCCc1cc(OC)cc(-c2cc(OC)cc(CCCC)c2Op2oc3c(CCCC)cc(OC)cc3c3cc(OC)cc(CCCC)c3o2)c1OP1OC(=O)c2ccc3ccccc3c2O1. The van der Waals surface area contributed by atoms with Crippen LogP contribution in [0.3, 0.4) is 0 Å². The van der Waals surface area contributed by atoms with Crippen molar-refractivity contribution in [3.8, 4) is 51.4 Å². The second kappa shape index (κ2) is 22.4. The molecule has 0 spiro atoms. The molecule has 6 aromatic carbocycles. The van der Waals surface area contributed by atoms with Gasteiger partial charge in [0.25, 0.3) is 0 Å². The number of carbonyl (C=O) groups excluding carboxylic acids is 1. The van der Waals surface area contributed by atoms with Crippen molar-refractivity contribution in [3.63, 3.8) is 0 Å². The van der Waals surface area contributed by atoms with Gasteiger partial charge < -0.3 is 45.4 Å². The van der Waals surface area contributed by atoms with Gasteiger partial charge in [0.05, 0.1) is 28.4 Å². The van der Waals surface area contributed by atoms with E-state index < -0.39 is 22.8 Å². The molecule has 0 aliphatic carbocycles. The van der Waals surface area contributed by atoms with Crippen LogP contribution in [0, 0.1) is 0 Å². The minimum absolute atomic E-state index is 0.345. The van der Waals surface area contributed by atoms with Crippen molar-refractivity contribution in [1.29, 1.82) is 0 Å². The molecule has 1 atom stereocenters. The fraction of sp³-hybridized carbons (Fsp3) is 0.364. The molecule has 1 aliphatic heterocycles. The molecule has 358 valence electrons. The van der Waals surface area contributed by atoms with E-state index in [0.717, 1.165) is 120 Å². The van der Waals surface area contributed by atoms with Gasteiger partial charge in [-0.3, -0.25) is 0 Å². The van der Waals surface area contributed by atoms with Crippen LogP contribution in [-0.2, 0) is 30.2 Å². The van der Waals surface area contributed by atoms with E-state index in [1.807, 2.05) is 66.7 Å². The van der Waals surface area contributed by atoms with Crippen molar-refractivity contribution in [2.45, 2.75) is 105 Å². The monoisotopic (exact) mass is 960 g/mol. The maximum atomic E-state index is 13.7. The lowest BCUT2D eigenvalue weighted by Crippen LogP contribution is -2.15. The van der Waals surface area contributed by atoms with Gasteiger partial charge in [0.15, 0.2) is 5.75 Å². The van der Waals surface area contributed by atoms with Gasteiger partial charge in [-0.2, -0.15) is 0 Å². The fourth-order valence-electron chi connectivity index (χ4n) is 8.66. The summed E-state index contributed by atoms with van der Waals surface area (Å²) >= 11 is 0. The van der Waals surface area contributed by atoms with E-state index in [4.69, 9.17) is 45.4 Å². The first kappa shape index (κ1) is 48.4. The Morgan fingerprint density at radius 2 is 0.926 bits per heavy atom. The van der Waals surface area contributed by atoms with E-state index >= 15 is 0 Å². The summed E-state index contributed by atoms with van der Waals surface area (Å²) in [5.74, 6) is 3.64. The predicted octanol–water partition coefficient (Wildman–Crippen LogP) is 16.2. The van der Waals surface area contributed by atoms with Gasteiger partial charge in [-0.25, -0.2) is 4.79 Å². The maximum absolute atomic E-state index is 13.7. The quantitative estimate of drug-likeness (QED) is 0.0641. The van der Waals surface area contributed by atoms with Crippen LogP contribution in [0.5, 0.6) is 40.2 Å². The summed E-state index contributed by atoms with van der Waals surface area (Å²) in [5.41, 5.74) is 6.76. The smallest absolute Gasteiger partial charge is 0.497 e. The van der Waals surface area contributed by atoms with Crippen LogP contribution in [0.4, 0.5) is 0 Å². The van der Waals surface area contributed by atoms with Crippen molar-refractivity contribution in [3.05, 3.63) is 113 Å². The Morgan fingerprint density at radius 3 is 1.43 bits per heavy atom. The summed E-state index contributed by atoms with van der Waals surface area (Å²) in [5, 5.41) is 3.43. The van der Waals surface area contributed by atoms with Gasteiger partial charge in [-0.15, -0.1) is 0 Å². The molecule has 0 radical (unpaired) electrons. The van der Waals surface area contributed by atoms with Gasteiger partial charge >= 0.3 is 22.8 Å². The van der Waals surface area contributed by atoms with E-state index in [1.165, 1.54) is 0 Å². The molecule has 0 N–H and O–H groups in total. The topological polar surface area (TPSA) is 117 Å². The number of hydrogen-bond acceptors (Lipinski definition) is 11. The van der Waals surface area contributed by atoms with Gasteiger partial charge in [0.2, 0.25) is 0 Å². The summed E-state index contributed by atoms with van der Waals surface area (Å²) in [7, 11) is 2.24. The highest BCUT2D eigenvalue weighted by atomic mass is 31.2. The highest BCUT2D eigenvalue weighted by Crippen LogP contribution is 2.55. The summed E-state index contributed by atoms with van der Waals surface area (Å²) in [4.78, 5) is 13.7. The van der Waals surface area contributed by atoms with Crippen molar-refractivity contribution in [2.75, 3.05) is 28.4 Å². The number of benzene rings is 6. The molecule has 13 heteroatoms. The molecular formula is C55H62O11P2. The number of fused-ring (bicyclic) bond motifs is 6. The maximum Gasteiger partial charge on any atom is 0.532 e. The van der Waals surface area contributed by atoms with Crippen LogP contribution in [0.1, 0.15) is 112 Å². The molecule has 2 heterocycles. The van der Waals surface area contributed by atoms with Crippen LogP contribution in [0.2, 0.25) is 0 Å². The van der Waals surface area contributed by atoms with Crippen LogP contribution >= 0.6 is 16.8 Å². The van der Waals surface area contributed by atoms with Crippen molar-refractivity contribution in [1.82, 2.24) is 0 Å². The molecule has 1 unspecified atom stereocenters. The number of aryl methyl sites for hydroxylation is 4. The molecule has 0 amide bonds. The fourth-order valence-corrected chi connectivity index (χ4v) is 10.9. The standard InChI is InChI=1S/C55H62O11P2/c1-9-13-19-36-27-40(57-5)31-46-47-32-41(58-6)28-37(20-14-10-2)51(47)62-67(61-50(36)46)63-52-38(21-15-11-3)29-42(59-7)33-48(52)49-34-43(60-8)30-39(22-16-12-4)53(49)64-68-65-54-44-24-18-17-23-35(44)25-26-45(54)55(56)66-68/h17-18,23-34H,9-16,19-22H2,1-8H3. The molecule has 0 saturated carbocycles. The van der Waals surface area contributed by atoms with Crippen LogP contribution < -0.4 is 32.5 Å². The number of methoxy groups -OCH3 is 4. The number of ether oxygens (including phenoxy) is 4. The van der Waals surface area contributed by atoms with E-state index in [1.54, 1.807) is 34.5 Å². The van der Waals surface area contributed by atoms with E-state index in [-0.39, 0.29) is 0 Å². The van der Waals surface area contributed by atoms with Crippen LogP contribution in [0.15, 0.2) is 93.3 Å². The lowest BCUT2D eigenvalue weighted by molar-refractivity contribution is 0.0698. The Kier molecular flexibility index (Phi) is 16.0. The Hall–Kier alpha value is -6.02. The normalized spacial score (nSPS) is 13.2. The van der Waals surface area contributed by atoms with Gasteiger partial charge in [0, 0.05) is 27.3 Å². The molecule has 68 heavy (non-hydrogen) atoms. The molecule has 11 nitrogen and oxygen atoms in total. The molecule has 1 aliphatic rings. The number of carbonyl (C=O) groups is 1. The lowest BCUT2D eigenvalue weighted by Gasteiger charge is -2.26. The average Bonchev–Trinajstić information content (AvgIpc) is 3.52. The van der Waals surface area contributed by atoms with Crippen LogP contribution in [0.25, 0.3) is 43.8 Å². The Morgan fingerprint density at radius 1 is 0.471 bits per heavy atom. The summed E-state index contributed by atoms with van der Waals surface area (Å²) < 4.78 is 64.9. The minimum atomic E-state index is -2.27. The molecule has 0 fully saturated rings. The third-order valence-corrected chi connectivity index (χ3v) is 14.3. The van der Waals surface area contributed by atoms with Gasteiger partial charge in [-0.05, 0) is 134 Å². The minimum Gasteiger partial charge on any atom is -0.497 e. The van der Waals surface area contributed by atoms with E-state index in [9.17, 15) is 4.79 Å². The number of unbranched alkanes of at least 4 members (excludes halogenated alkanes) is 4. The van der Waals surface area contributed by atoms with Crippen molar-refractivity contribution in [2.24, 2.45) is 0 Å². The predicted molar refractivity (Wildman–Crippen MR) is 272 cm³/mol. The first-order valence-corrected chi connectivity index (χ1v) is 26.0. The molecule has 8 rings (SSSR count). The third kappa shape index (κ3) is 10.4. The Balaban J connectivity index is 1.39. The van der Waals surface area contributed by atoms with Crippen molar-refractivity contribution < 1.29 is 50.2 Å². The average molecular weight is 961 g/mol. The zero-order valence-corrected chi connectivity index (χ0v) is 42.2. The summed E-state index contributed by atoms with van der Waals surface area (Å²) in [6.45, 7) is 8.67.